The second-order valence-electron chi connectivity index (χ2n) is 3.68. The van der Waals surface area contributed by atoms with Crippen LogP contribution in [-0.4, -0.2) is 17.0 Å². The molecule has 0 unspecified atom stereocenters. The van der Waals surface area contributed by atoms with E-state index in [1.165, 1.54) is 0 Å². The molecule has 2 rings (SSSR count). The predicted octanol–water partition coefficient (Wildman–Crippen LogP) is 3.99. The van der Waals surface area contributed by atoms with Crippen LogP contribution in [0.1, 0.15) is 5.56 Å². The van der Waals surface area contributed by atoms with Crippen LogP contribution in [0.25, 0.3) is 0 Å². The SMILES string of the molecule is CNc1ncc(Cl)c(Nc2cccc(Br)c2C)n1. The zero-order valence-electron chi connectivity index (χ0n) is 9.96. The lowest BCUT2D eigenvalue weighted by atomic mass is 10.2. The normalized spacial score (nSPS) is 10.2. The highest BCUT2D eigenvalue weighted by Gasteiger charge is 2.07. The van der Waals surface area contributed by atoms with E-state index < -0.39 is 0 Å². The monoisotopic (exact) mass is 326 g/mol. The van der Waals surface area contributed by atoms with Gasteiger partial charge in [0.1, 0.15) is 5.02 Å². The molecule has 0 saturated heterocycles. The lowest BCUT2D eigenvalue weighted by Crippen LogP contribution is -2.02. The number of rotatable bonds is 3. The van der Waals surface area contributed by atoms with Gasteiger partial charge in [0.2, 0.25) is 5.95 Å². The quantitative estimate of drug-likeness (QED) is 0.895. The summed E-state index contributed by atoms with van der Waals surface area (Å²) in [7, 11) is 1.76. The second kappa shape index (κ2) is 5.54. The van der Waals surface area contributed by atoms with Crippen molar-refractivity contribution in [1.82, 2.24) is 9.97 Å². The third-order valence-corrected chi connectivity index (χ3v) is 3.62. The van der Waals surface area contributed by atoms with Gasteiger partial charge in [-0.3, -0.25) is 0 Å². The first-order chi connectivity index (χ1) is 8.61. The smallest absolute Gasteiger partial charge is 0.224 e. The van der Waals surface area contributed by atoms with Gasteiger partial charge in [-0.1, -0.05) is 33.6 Å². The number of nitrogens with zero attached hydrogens (tertiary/aromatic N) is 2. The molecule has 0 fully saturated rings. The van der Waals surface area contributed by atoms with Crippen molar-refractivity contribution in [3.8, 4) is 0 Å². The number of benzene rings is 1. The zero-order chi connectivity index (χ0) is 13.1. The molecule has 0 aliphatic heterocycles. The Morgan fingerprint density at radius 3 is 2.83 bits per heavy atom. The van der Waals surface area contributed by atoms with Crippen molar-refractivity contribution in [2.75, 3.05) is 17.7 Å². The summed E-state index contributed by atoms with van der Waals surface area (Å²) < 4.78 is 1.03. The maximum atomic E-state index is 6.07. The van der Waals surface area contributed by atoms with E-state index in [2.05, 4.69) is 36.5 Å². The topological polar surface area (TPSA) is 49.8 Å². The molecule has 0 saturated carbocycles. The van der Waals surface area contributed by atoms with Gasteiger partial charge in [-0.25, -0.2) is 4.98 Å². The summed E-state index contributed by atoms with van der Waals surface area (Å²) in [5.41, 5.74) is 2.05. The van der Waals surface area contributed by atoms with Crippen molar-refractivity contribution >= 4 is 45.0 Å². The van der Waals surface area contributed by atoms with Gasteiger partial charge in [-0.15, -0.1) is 0 Å². The van der Waals surface area contributed by atoms with Crippen LogP contribution in [0.15, 0.2) is 28.9 Å². The van der Waals surface area contributed by atoms with Gasteiger partial charge < -0.3 is 10.6 Å². The first-order valence-electron chi connectivity index (χ1n) is 5.34. The maximum absolute atomic E-state index is 6.07. The molecule has 0 atom stereocenters. The van der Waals surface area contributed by atoms with Crippen LogP contribution in [0.5, 0.6) is 0 Å². The minimum atomic E-state index is 0.480. The third kappa shape index (κ3) is 2.73. The Morgan fingerprint density at radius 1 is 1.33 bits per heavy atom. The van der Waals surface area contributed by atoms with Crippen molar-refractivity contribution < 1.29 is 0 Å². The predicted molar refractivity (Wildman–Crippen MR) is 78.8 cm³/mol. The Hall–Kier alpha value is -1.33. The molecular formula is C12H12BrClN4. The second-order valence-corrected chi connectivity index (χ2v) is 4.94. The van der Waals surface area contributed by atoms with Crippen LogP contribution >= 0.6 is 27.5 Å². The Labute approximate surface area is 119 Å². The molecule has 18 heavy (non-hydrogen) atoms. The summed E-state index contributed by atoms with van der Waals surface area (Å²) in [6, 6.07) is 5.91. The summed E-state index contributed by atoms with van der Waals surface area (Å²) in [6.07, 6.45) is 1.57. The number of halogens is 2. The van der Waals surface area contributed by atoms with Gasteiger partial charge >= 0.3 is 0 Å². The van der Waals surface area contributed by atoms with Gasteiger partial charge in [0.05, 0.1) is 6.20 Å². The number of hydrogen-bond acceptors (Lipinski definition) is 4. The number of anilines is 3. The summed E-state index contributed by atoms with van der Waals surface area (Å²) in [5.74, 6) is 1.10. The molecule has 4 nitrogen and oxygen atoms in total. The molecule has 0 bridgehead atoms. The van der Waals surface area contributed by atoms with Crippen LogP contribution in [-0.2, 0) is 0 Å². The Kier molecular flexibility index (Phi) is 4.04. The number of aromatic nitrogens is 2. The maximum Gasteiger partial charge on any atom is 0.224 e. The molecule has 1 aromatic carbocycles. The van der Waals surface area contributed by atoms with Crippen molar-refractivity contribution in [1.29, 1.82) is 0 Å². The fourth-order valence-corrected chi connectivity index (χ4v) is 1.95. The van der Waals surface area contributed by atoms with E-state index in [9.17, 15) is 0 Å². The largest absolute Gasteiger partial charge is 0.357 e. The van der Waals surface area contributed by atoms with Crippen LogP contribution in [0.2, 0.25) is 5.02 Å². The van der Waals surface area contributed by atoms with Crippen LogP contribution in [0.3, 0.4) is 0 Å². The standard InChI is InChI=1S/C12H12BrClN4/c1-7-8(13)4-3-5-10(7)17-11-9(14)6-16-12(15-2)18-11/h3-6H,1-2H3,(H2,15,16,17,18). The molecule has 0 aliphatic rings. The molecule has 0 radical (unpaired) electrons. The summed E-state index contributed by atoms with van der Waals surface area (Å²) >= 11 is 9.56. The Bertz CT molecular complexity index is 574. The molecule has 0 amide bonds. The van der Waals surface area contributed by atoms with E-state index in [1.54, 1.807) is 13.2 Å². The molecular weight excluding hydrogens is 316 g/mol. The number of hydrogen-bond donors (Lipinski definition) is 2. The lowest BCUT2D eigenvalue weighted by molar-refractivity contribution is 1.15. The van der Waals surface area contributed by atoms with Crippen LogP contribution < -0.4 is 10.6 Å². The van der Waals surface area contributed by atoms with Crippen molar-refractivity contribution in [3.05, 3.63) is 39.5 Å². The summed E-state index contributed by atoms with van der Waals surface area (Å²) in [4.78, 5) is 8.31. The molecule has 94 valence electrons. The van der Waals surface area contributed by atoms with Gasteiger partial charge in [-0.2, -0.15) is 4.98 Å². The Morgan fingerprint density at radius 2 is 2.11 bits per heavy atom. The molecule has 2 aromatic rings. The van der Waals surface area contributed by atoms with E-state index in [1.807, 2.05) is 25.1 Å². The molecule has 1 heterocycles. The van der Waals surface area contributed by atoms with Gasteiger partial charge in [0.15, 0.2) is 5.82 Å². The minimum Gasteiger partial charge on any atom is -0.357 e. The molecule has 0 aliphatic carbocycles. The first-order valence-corrected chi connectivity index (χ1v) is 6.51. The first kappa shape index (κ1) is 13.1. The molecule has 6 heteroatoms. The van der Waals surface area contributed by atoms with Crippen molar-refractivity contribution in [2.24, 2.45) is 0 Å². The highest BCUT2D eigenvalue weighted by atomic mass is 79.9. The van der Waals surface area contributed by atoms with E-state index in [0.29, 0.717) is 16.8 Å². The third-order valence-electron chi connectivity index (χ3n) is 2.49. The van der Waals surface area contributed by atoms with E-state index >= 15 is 0 Å². The fourth-order valence-electron chi connectivity index (χ4n) is 1.45. The van der Waals surface area contributed by atoms with Crippen LogP contribution in [0, 0.1) is 6.92 Å². The van der Waals surface area contributed by atoms with E-state index in [0.717, 1.165) is 15.7 Å². The van der Waals surface area contributed by atoms with Gasteiger partial charge in [0.25, 0.3) is 0 Å². The fraction of sp³-hybridized carbons (Fsp3) is 0.167. The summed E-state index contributed by atoms with van der Waals surface area (Å²) in [5, 5.41) is 6.56. The number of nitrogens with one attached hydrogen (secondary N) is 2. The minimum absolute atomic E-state index is 0.480. The zero-order valence-corrected chi connectivity index (χ0v) is 12.3. The molecule has 1 aromatic heterocycles. The lowest BCUT2D eigenvalue weighted by Gasteiger charge is -2.11. The molecule has 2 N–H and O–H groups in total. The van der Waals surface area contributed by atoms with Gasteiger partial charge in [0, 0.05) is 17.2 Å². The van der Waals surface area contributed by atoms with E-state index in [-0.39, 0.29) is 0 Å². The van der Waals surface area contributed by atoms with Crippen molar-refractivity contribution in [2.45, 2.75) is 6.92 Å². The highest BCUT2D eigenvalue weighted by Crippen LogP contribution is 2.28. The average Bonchev–Trinajstić information content (AvgIpc) is 2.37. The Balaban J connectivity index is 2.36. The summed E-state index contributed by atoms with van der Waals surface area (Å²) in [6.45, 7) is 2.01. The van der Waals surface area contributed by atoms with Crippen LogP contribution in [0.4, 0.5) is 17.5 Å². The molecule has 0 spiro atoms. The average molecular weight is 328 g/mol. The highest BCUT2D eigenvalue weighted by molar-refractivity contribution is 9.10. The van der Waals surface area contributed by atoms with E-state index in [4.69, 9.17) is 11.6 Å². The van der Waals surface area contributed by atoms with Crippen molar-refractivity contribution in [3.63, 3.8) is 0 Å². The van der Waals surface area contributed by atoms with Gasteiger partial charge in [-0.05, 0) is 24.6 Å².